The Labute approximate surface area is 125 Å². The molecule has 2 unspecified atom stereocenters. The van der Waals surface area contributed by atoms with Gasteiger partial charge in [0.1, 0.15) is 11.4 Å². The van der Waals surface area contributed by atoms with E-state index >= 15 is 0 Å². The minimum Gasteiger partial charge on any atom is -0.486 e. The third-order valence-corrected chi connectivity index (χ3v) is 4.55. The number of ketones is 1. The summed E-state index contributed by atoms with van der Waals surface area (Å²) in [7, 11) is 0. The number of Topliss-reactive ketones (excluding diaryl/α,β-unsaturated/α-hetero) is 1. The largest absolute Gasteiger partial charge is 0.486 e. The number of rotatable bonds is 0. The standard InChI is InChI=1S/C15H14ClF3O2/c16-10-3-4-13-11(6-10)12(20)8-14(21-13)5-1-2-9(7-14)15(17,18)19/h3-4,6,9H,1-2,5,7-8H2. The van der Waals surface area contributed by atoms with Gasteiger partial charge in [-0.2, -0.15) is 13.2 Å². The van der Waals surface area contributed by atoms with Crippen molar-refractivity contribution in [3.05, 3.63) is 28.8 Å². The van der Waals surface area contributed by atoms with Crippen LogP contribution in [0.2, 0.25) is 5.02 Å². The predicted molar refractivity (Wildman–Crippen MR) is 71.8 cm³/mol. The van der Waals surface area contributed by atoms with Gasteiger partial charge >= 0.3 is 6.18 Å². The second-order valence-corrected chi connectivity index (χ2v) is 6.30. The third kappa shape index (κ3) is 2.76. The Morgan fingerprint density at radius 3 is 2.81 bits per heavy atom. The summed E-state index contributed by atoms with van der Waals surface area (Å²) in [5, 5.41) is 0.415. The normalized spacial score (nSPS) is 29.1. The average Bonchev–Trinajstić information content (AvgIpc) is 2.39. The van der Waals surface area contributed by atoms with Gasteiger partial charge in [-0.3, -0.25) is 4.79 Å². The number of hydrogen-bond donors (Lipinski definition) is 0. The van der Waals surface area contributed by atoms with Crippen LogP contribution in [0.3, 0.4) is 0 Å². The van der Waals surface area contributed by atoms with Gasteiger partial charge in [0.25, 0.3) is 0 Å². The van der Waals surface area contributed by atoms with Gasteiger partial charge in [-0.05, 0) is 43.9 Å². The van der Waals surface area contributed by atoms with E-state index in [0.717, 1.165) is 0 Å². The summed E-state index contributed by atoms with van der Waals surface area (Å²) in [5.41, 5.74) is -0.654. The zero-order valence-corrected chi connectivity index (χ0v) is 11.9. The number of carbonyl (C=O) groups is 1. The molecule has 1 aliphatic heterocycles. The van der Waals surface area contributed by atoms with Gasteiger partial charge in [0.05, 0.1) is 17.9 Å². The van der Waals surface area contributed by atoms with Crippen LogP contribution in [0, 0.1) is 5.92 Å². The van der Waals surface area contributed by atoms with E-state index in [2.05, 4.69) is 0 Å². The lowest BCUT2D eigenvalue weighted by Gasteiger charge is -2.43. The van der Waals surface area contributed by atoms with Crippen LogP contribution in [0.1, 0.15) is 42.5 Å². The number of ether oxygens (including phenoxy) is 1. The predicted octanol–water partition coefficient (Wildman–Crippen LogP) is 4.80. The summed E-state index contributed by atoms with van der Waals surface area (Å²) in [4.78, 5) is 12.2. The zero-order valence-electron chi connectivity index (χ0n) is 11.2. The summed E-state index contributed by atoms with van der Waals surface area (Å²) in [5.74, 6) is -1.24. The molecule has 1 fully saturated rings. The number of hydrogen-bond acceptors (Lipinski definition) is 2. The van der Waals surface area contributed by atoms with Gasteiger partial charge < -0.3 is 4.74 Å². The van der Waals surface area contributed by atoms with Crippen molar-refractivity contribution in [2.24, 2.45) is 5.92 Å². The molecule has 114 valence electrons. The van der Waals surface area contributed by atoms with E-state index < -0.39 is 17.7 Å². The van der Waals surface area contributed by atoms with Crippen LogP contribution < -0.4 is 4.74 Å². The Bertz CT molecular complexity index is 585. The second kappa shape index (κ2) is 4.90. The molecule has 2 atom stereocenters. The fourth-order valence-corrected chi connectivity index (χ4v) is 3.49. The molecule has 21 heavy (non-hydrogen) atoms. The van der Waals surface area contributed by atoms with Gasteiger partial charge in [0.15, 0.2) is 5.78 Å². The Morgan fingerprint density at radius 1 is 1.33 bits per heavy atom. The Morgan fingerprint density at radius 2 is 2.10 bits per heavy atom. The van der Waals surface area contributed by atoms with Gasteiger partial charge in [0.2, 0.25) is 0 Å². The molecule has 2 aliphatic rings. The molecule has 6 heteroatoms. The summed E-state index contributed by atoms with van der Waals surface area (Å²) in [6, 6.07) is 4.65. The SMILES string of the molecule is O=C1CC2(CCCC(C(F)(F)F)C2)Oc2ccc(Cl)cc21. The summed E-state index contributed by atoms with van der Waals surface area (Å²) >= 11 is 5.85. The smallest absolute Gasteiger partial charge is 0.391 e. The highest BCUT2D eigenvalue weighted by Gasteiger charge is 2.51. The maximum atomic E-state index is 13.0. The van der Waals surface area contributed by atoms with Crippen molar-refractivity contribution in [1.82, 2.24) is 0 Å². The molecule has 2 nitrogen and oxygen atoms in total. The maximum absolute atomic E-state index is 13.0. The van der Waals surface area contributed by atoms with Crippen molar-refractivity contribution in [3.63, 3.8) is 0 Å². The molecule has 0 bridgehead atoms. The Balaban J connectivity index is 1.90. The van der Waals surface area contributed by atoms with Crippen LogP contribution in [0.5, 0.6) is 5.75 Å². The molecule has 1 saturated carbocycles. The summed E-state index contributed by atoms with van der Waals surface area (Å²) in [6.07, 6.45) is -3.39. The lowest BCUT2D eigenvalue weighted by atomic mass is 9.73. The Hall–Kier alpha value is -1.23. The first-order valence-electron chi connectivity index (χ1n) is 6.88. The second-order valence-electron chi connectivity index (χ2n) is 5.86. The first-order valence-corrected chi connectivity index (χ1v) is 7.25. The molecule has 1 spiro atoms. The number of fused-ring (bicyclic) bond motifs is 1. The number of halogens is 4. The van der Waals surface area contributed by atoms with Crippen molar-refractivity contribution in [2.45, 2.75) is 43.9 Å². The lowest BCUT2D eigenvalue weighted by Crippen LogP contribution is -2.48. The van der Waals surface area contributed by atoms with E-state index in [0.29, 0.717) is 29.2 Å². The Kier molecular flexibility index (Phi) is 3.43. The van der Waals surface area contributed by atoms with Crippen molar-refractivity contribution >= 4 is 17.4 Å². The molecule has 3 rings (SSSR count). The van der Waals surface area contributed by atoms with E-state index in [1.165, 1.54) is 6.07 Å². The fraction of sp³-hybridized carbons (Fsp3) is 0.533. The molecule has 1 aromatic carbocycles. The van der Waals surface area contributed by atoms with Crippen molar-refractivity contribution < 1.29 is 22.7 Å². The number of carbonyl (C=O) groups excluding carboxylic acids is 1. The fourth-order valence-electron chi connectivity index (χ4n) is 3.32. The molecule has 1 heterocycles. The van der Waals surface area contributed by atoms with Crippen LogP contribution in [0.4, 0.5) is 13.2 Å². The maximum Gasteiger partial charge on any atom is 0.391 e. The van der Waals surface area contributed by atoms with Gasteiger partial charge in [0, 0.05) is 5.02 Å². The molecule has 0 N–H and O–H groups in total. The monoisotopic (exact) mass is 318 g/mol. The zero-order chi connectivity index (χ0) is 15.3. The minimum atomic E-state index is -4.24. The van der Waals surface area contributed by atoms with Gasteiger partial charge in [-0.25, -0.2) is 0 Å². The molecular weight excluding hydrogens is 305 g/mol. The van der Waals surface area contributed by atoms with Gasteiger partial charge in [-0.1, -0.05) is 11.6 Å². The summed E-state index contributed by atoms with van der Waals surface area (Å²) in [6.45, 7) is 0. The molecule has 0 aromatic heterocycles. The quantitative estimate of drug-likeness (QED) is 0.687. The highest BCUT2D eigenvalue weighted by Crippen LogP contribution is 2.48. The topological polar surface area (TPSA) is 26.3 Å². The van der Waals surface area contributed by atoms with Crippen molar-refractivity contribution in [2.75, 3.05) is 0 Å². The minimum absolute atomic E-state index is 0.00702. The van der Waals surface area contributed by atoms with Crippen LogP contribution in [0.25, 0.3) is 0 Å². The van der Waals surface area contributed by atoms with E-state index in [9.17, 15) is 18.0 Å². The number of alkyl halides is 3. The first-order chi connectivity index (χ1) is 9.79. The van der Waals surface area contributed by atoms with Crippen LogP contribution in [0.15, 0.2) is 18.2 Å². The van der Waals surface area contributed by atoms with Crippen LogP contribution in [-0.2, 0) is 0 Å². The molecule has 0 amide bonds. The average molecular weight is 319 g/mol. The third-order valence-electron chi connectivity index (χ3n) is 4.32. The highest BCUT2D eigenvalue weighted by molar-refractivity contribution is 6.31. The molecule has 1 aliphatic carbocycles. The van der Waals surface area contributed by atoms with Crippen LogP contribution >= 0.6 is 11.6 Å². The van der Waals surface area contributed by atoms with Crippen molar-refractivity contribution in [1.29, 1.82) is 0 Å². The van der Waals surface area contributed by atoms with E-state index in [1.807, 2.05) is 0 Å². The van der Waals surface area contributed by atoms with E-state index in [1.54, 1.807) is 12.1 Å². The summed E-state index contributed by atoms with van der Waals surface area (Å²) < 4.78 is 44.7. The molecule has 1 aromatic rings. The van der Waals surface area contributed by atoms with Crippen molar-refractivity contribution in [3.8, 4) is 5.75 Å². The molecule has 0 saturated heterocycles. The molecule has 0 radical (unpaired) electrons. The van der Waals surface area contributed by atoms with Crippen LogP contribution in [-0.4, -0.2) is 17.6 Å². The highest BCUT2D eigenvalue weighted by atomic mass is 35.5. The van der Waals surface area contributed by atoms with Gasteiger partial charge in [-0.15, -0.1) is 0 Å². The van der Waals surface area contributed by atoms with E-state index in [-0.39, 0.29) is 25.0 Å². The number of benzene rings is 1. The first kappa shape index (κ1) is 14.7. The molecular formula is C15H14ClF3O2. The lowest BCUT2D eigenvalue weighted by molar-refractivity contribution is -0.197. The van der Waals surface area contributed by atoms with E-state index in [4.69, 9.17) is 16.3 Å².